The molecule has 1 saturated carbocycles. The molecule has 4 aliphatic rings. The monoisotopic (exact) mass is 514 g/mol. The minimum Gasteiger partial charge on any atom is -0.352 e. The Bertz CT molecular complexity index is 480. The Hall–Kier alpha value is -0.240. The van der Waals surface area contributed by atoms with E-state index in [1.807, 2.05) is 0 Å². The molecule has 1 aliphatic carbocycles. The Morgan fingerprint density at radius 3 is 1.36 bits per heavy atom. The van der Waals surface area contributed by atoms with Crippen LogP contribution in [0.4, 0.5) is 0 Å². The van der Waals surface area contributed by atoms with Crippen LogP contribution < -0.4 is 0 Å². The zero-order valence-electron chi connectivity index (χ0n) is 24.4. The maximum Gasteiger partial charge on any atom is 0.160 e. The van der Waals surface area contributed by atoms with E-state index < -0.39 is 0 Å². The minimum absolute atomic E-state index is 0.0844. The molecule has 0 aromatic rings. The molecule has 0 amide bonds. The Morgan fingerprint density at radius 2 is 0.917 bits per heavy atom. The summed E-state index contributed by atoms with van der Waals surface area (Å²) < 4.78 is 33.3. The fraction of sp³-hybridized carbons (Fsp3) is 1.00. The first kappa shape index (κ1) is 32.0. The third kappa shape index (κ3) is 13.5. The second-order valence-electron chi connectivity index (χ2n) is 11.8. The van der Waals surface area contributed by atoms with Gasteiger partial charge in [0.2, 0.25) is 0 Å². The SMILES string of the molecule is CC1CCC(C2OCC(C)CO2)CC1.CCCC1OCC(C)CO1.CCCCCC1OCC(C)CO1. The average Bonchev–Trinajstić information content (AvgIpc) is 2.89. The van der Waals surface area contributed by atoms with Crippen molar-refractivity contribution in [3.05, 3.63) is 0 Å². The standard InChI is InChI=1S/C12H22O2.C10H20O2.C8H16O2/c1-9-3-5-11(6-4-9)12-13-7-10(2)8-14-12;1-3-4-5-6-10-11-7-9(2)8-12-10;1-3-4-8-9-5-7(2)6-10-8/h9-12H,3-8H2,1-2H3;9-10H,3-8H2,1-2H3;7-8H,3-6H2,1-2H3. The predicted molar refractivity (Wildman–Crippen MR) is 145 cm³/mol. The van der Waals surface area contributed by atoms with Crippen molar-refractivity contribution in [3.63, 3.8) is 0 Å². The average molecular weight is 515 g/mol. The van der Waals surface area contributed by atoms with Gasteiger partial charge in [-0.25, -0.2) is 0 Å². The van der Waals surface area contributed by atoms with Crippen molar-refractivity contribution in [1.82, 2.24) is 0 Å². The molecule has 6 heteroatoms. The molecule has 214 valence electrons. The van der Waals surface area contributed by atoms with Crippen LogP contribution in [0.1, 0.15) is 106 Å². The van der Waals surface area contributed by atoms with Crippen LogP contribution in [0.25, 0.3) is 0 Å². The molecule has 3 heterocycles. The van der Waals surface area contributed by atoms with E-state index >= 15 is 0 Å². The minimum atomic E-state index is 0.0844. The fourth-order valence-corrected chi connectivity index (χ4v) is 4.85. The first-order valence-corrected chi connectivity index (χ1v) is 15.1. The van der Waals surface area contributed by atoms with Crippen LogP contribution in [0.5, 0.6) is 0 Å². The maximum absolute atomic E-state index is 5.74. The van der Waals surface area contributed by atoms with Gasteiger partial charge in [-0.3, -0.25) is 0 Å². The van der Waals surface area contributed by atoms with Crippen molar-refractivity contribution in [2.45, 2.75) is 125 Å². The molecule has 4 rings (SSSR count). The molecule has 4 fully saturated rings. The van der Waals surface area contributed by atoms with Crippen molar-refractivity contribution >= 4 is 0 Å². The summed E-state index contributed by atoms with van der Waals surface area (Å²) in [7, 11) is 0. The van der Waals surface area contributed by atoms with Crippen LogP contribution in [0, 0.1) is 29.6 Å². The largest absolute Gasteiger partial charge is 0.352 e. The second kappa shape index (κ2) is 18.9. The van der Waals surface area contributed by atoms with E-state index in [0.717, 1.165) is 64.8 Å². The predicted octanol–water partition coefficient (Wildman–Crippen LogP) is 7.19. The van der Waals surface area contributed by atoms with Crippen molar-refractivity contribution in [3.8, 4) is 0 Å². The summed E-state index contributed by atoms with van der Waals surface area (Å²) in [4.78, 5) is 0. The lowest BCUT2D eigenvalue weighted by atomic mass is 9.82. The quantitative estimate of drug-likeness (QED) is 0.335. The highest BCUT2D eigenvalue weighted by atomic mass is 16.7. The van der Waals surface area contributed by atoms with Gasteiger partial charge in [-0.1, -0.05) is 73.6 Å². The zero-order valence-corrected chi connectivity index (χ0v) is 24.4. The van der Waals surface area contributed by atoms with E-state index in [2.05, 4.69) is 41.5 Å². The van der Waals surface area contributed by atoms with E-state index in [1.165, 1.54) is 44.9 Å². The molecule has 0 N–H and O–H groups in total. The lowest BCUT2D eigenvalue weighted by molar-refractivity contribution is -0.226. The van der Waals surface area contributed by atoms with Gasteiger partial charge < -0.3 is 28.4 Å². The highest BCUT2D eigenvalue weighted by Crippen LogP contribution is 2.33. The molecule has 36 heavy (non-hydrogen) atoms. The third-order valence-electron chi connectivity index (χ3n) is 7.37. The van der Waals surface area contributed by atoms with Gasteiger partial charge in [0.15, 0.2) is 18.9 Å². The molecule has 0 spiro atoms. The third-order valence-corrected chi connectivity index (χ3v) is 7.37. The van der Waals surface area contributed by atoms with Crippen molar-refractivity contribution in [2.75, 3.05) is 39.6 Å². The lowest BCUT2D eigenvalue weighted by Crippen LogP contribution is -2.37. The lowest BCUT2D eigenvalue weighted by Gasteiger charge is -2.36. The second-order valence-corrected chi connectivity index (χ2v) is 11.8. The van der Waals surface area contributed by atoms with Crippen molar-refractivity contribution < 1.29 is 28.4 Å². The molecule has 0 aromatic carbocycles. The zero-order chi connectivity index (χ0) is 26.2. The topological polar surface area (TPSA) is 55.4 Å². The number of unbranched alkanes of at least 4 members (excludes halogenated alkanes) is 2. The Kier molecular flexibility index (Phi) is 16.8. The Balaban J connectivity index is 0.000000193. The number of rotatable bonds is 7. The summed E-state index contributed by atoms with van der Waals surface area (Å²) in [6.45, 7) is 18.4. The number of hydrogen-bond acceptors (Lipinski definition) is 6. The normalized spacial score (nSPS) is 37.2. The van der Waals surface area contributed by atoms with E-state index in [1.54, 1.807) is 0 Å². The van der Waals surface area contributed by atoms with Crippen molar-refractivity contribution in [2.24, 2.45) is 29.6 Å². The molecule has 0 bridgehead atoms. The van der Waals surface area contributed by atoms with Crippen LogP contribution >= 0.6 is 0 Å². The molecule has 0 aromatic heterocycles. The molecule has 0 atom stereocenters. The molecule has 6 nitrogen and oxygen atoms in total. The van der Waals surface area contributed by atoms with Gasteiger partial charge in [-0.05, 0) is 38.0 Å². The Morgan fingerprint density at radius 1 is 0.472 bits per heavy atom. The summed E-state index contributed by atoms with van der Waals surface area (Å²) in [6.07, 6.45) is 12.6. The van der Waals surface area contributed by atoms with Gasteiger partial charge in [-0.2, -0.15) is 0 Å². The molecule has 3 aliphatic heterocycles. The van der Waals surface area contributed by atoms with Gasteiger partial charge in [0.05, 0.1) is 39.6 Å². The van der Waals surface area contributed by atoms with Crippen LogP contribution in [0.3, 0.4) is 0 Å². The number of ether oxygens (including phenoxy) is 6. The number of hydrogen-bond donors (Lipinski definition) is 0. The van der Waals surface area contributed by atoms with Crippen LogP contribution in [-0.4, -0.2) is 58.5 Å². The van der Waals surface area contributed by atoms with Crippen molar-refractivity contribution in [1.29, 1.82) is 0 Å². The van der Waals surface area contributed by atoms with Crippen LogP contribution in [0.2, 0.25) is 0 Å². The smallest absolute Gasteiger partial charge is 0.160 e. The molecular formula is C30H58O6. The van der Waals surface area contributed by atoms with Gasteiger partial charge in [0.25, 0.3) is 0 Å². The van der Waals surface area contributed by atoms with E-state index in [0.29, 0.717) is 23.7 Å². The molecular weight excluding hydrogens is 456 g/mol. The maximum atomic E-state index is 5.74. The fourth-order valence-electron chi connectivity index (χ4n) is 4.85. The van der Waals surface area contributed by atoms with E-state index in [9.17, 15) is 0 Å². The Labute approximate surface area is 222 Å². The van der Waals surface area contributed by atoms with Gasteiger partial charge >= 0.3 is 0 Å². The first-order chi connectivity index (χ1) is 17.4. The van der Waals surface area contributed by atoms with Gasteiger partial charge in [-0.15, -0.1) is 0 Å². The molecule has 0 radical (unpaired) electrons. The van der Waals surface area contributed by atoms with E-state index in [-0.39, 0.29) is 18.9 Å². The summed E-state index contributed by atoms with van der Waals surface area (Å²) in [6, 6.07) is 0. The summed E-state index contributed by atoms with van der Waals surface area (Å²) in [5, 5.41) is 0. The first-order valence-electron chi connectivity index (χ1n) is 15.1. The highest BCUT2D eigenvalue weighted by Gasteiger charge is 2.30. The summed E-state index contributed by atoms with van der Waals surface area (Å²) >= 11 is 0. The summed E-state index contributed by atoms with van der Waals surface area (Å²) in [5.74, 6) is 3.31. The van der Waals surface area contributed by atoms with Gasteiger partial charge in [0, 0.05) is 23.7 Å². The molecule has 3 saturated heterocycles. The van der Waals surface area contributed by atoms with Gasteiger partial charge in [0.1, 0.15) is 0 Å². The summed E-state index contributed by atoms with van der Waals surface area (Å²) in [5.41, 5.74) is 0. The molecule has 0 unspecified atom stereocenters. The highest BCUT2D eigenvalue weighted by molar-refractivity contribution is 4.74. The van der Waals surface area contributed by atoms with Crippen LogP contribution in [0.15, 0.2) is 0 Å². The van der Waals surface area contributed by atoms with E-state index in [4.69, 9.17) is 28.4 Å². The van der Waals surface area contributed by atoms with Crippen LogP contribution in [-0.2, 0) is 28.4 Å².